The van der Waals surface area contributed by atoms with Gasteiger partial charge in [0.05, 0.1) is 0 Å². The maximum Gasteiger partial charge on any atom is 0.0132 e. The second-order valence-electron chi connectivity index (χ2n) is 3.59. The van der Waals surface area contributed by atoms with Crippen LogP contribution in [0.25, 0.3) is 0 Å². The summed E-state index contributed by atoms with van der Waals surface area (Å²) < 4.78 is 0. The van der Waals surface area contributed by atoms with Gasteiger partial charge in [0.15, 0.2) is 0 Å². The van der Waals surface area contributed by atoms with Gasteiger partial charge in [-0.2, -0.15) is 0 Å². The molecule has 0 aromatic heterocycles. The molecular weight excluding hydrogens is 206 g/mol. The van der Waals surface area contributed by atoms with Crippen LogP contribution in [0.15, 0.2) is 43.0 Å². The van der Waals surface area contributed by atoms with Gasteiger partial charge in [0.25, 0.3) is 0 Å². The summed E-state index contributed by atoms with van der Waals surface area (Å²) in [5.74, 6) is 0.633. The predicted octanol–water partition coefficient (Wildman–Crippen LogP) is 3.38. The van der Waals surface area contributed by atoms with E-state index in [1.807, 2.05) is 6.08 Å². The van der Waals surface area contributed by atoms with Crippen LogP contribution in [-0.4, -0.2) is 13.1 Å². The molecule has 0 aliphatic carbocycles. The van der Waals surface area contributed by atoms with E-state index in [0.29, 0.717) is 5.92 Å². The molecule has 0 bridgehead atoms. The molecule has 1 N–H and O–H groups in total. The summed E-state index contributed by atoms with van der Waals surface area (Å²) >= 11 is 0. The van der Waals surface area contributed by atoms with E-state index in [1.54, 1.807) is 0 Å². The van der Waals surface area contributed by atoms with Crippen molar-refractivity contribution in [2.45, 2.75) is 19.3 Å². The fraction of sp³-hybridized carbons (Fsp3) is 0.385. The highest BCUT2D eigenvalue weighted by atomic mass is 35.5. The van der Waals surface area contributed by atoms with Crippen LogP contribution in [0, 0.1) is 0 Å². The van der Waals surface area contributed by atoms with Gasteiger partial charge in [0, 0.05) is 6.54 Å². The molecule has 1 nitrogen and oxygen atoms in total. The smallest absolute Gasteiger partial charge is 0.0132 e. The maximum atomic E-state index is 3.67. The van der Waals surface area contributed by atoms with Crippen LogP contribution in [0.4, 0.5) is 0 Å². The zero-order chi connectivity index (χ0) is 10.2. The summed E-state index contributed by atoms with van der Waals surface area (Å²) in [4.78, 5) is 0. The molecule has 0 amide bonds. The third kappa shape index (κ3) is 5.60. The first-order valence-corrected chi connectivity index (χ1v) is 5.21. The molecule has 0 fully saturated rings. The number of halogens is 1. The normalized spacial score (nSPS) is 11.5. The summed E-state index contributed by atoms with van der Waals surface area (Å²) in [6.45, 7) is 7.90. The quantitative estimate of drug-likeness (QED) is 0.578. The minimum atomic E-state index is 0. The fourth-order valence-electron chi connectivity index (χ4n) is 1.47. The lowest BCUT2D eigenvalue weighted by Gasteiger charge is -2.11. The van der Waals surface area contributed by atoms with Crippen LogP contribution in [-0.2, 0) is 0 Å². The Hall–Kier alpha value is -0.790. The molecule has 2 heteroatoms. The highest BCUT2D eigenvalue weighted by Gasteiger charge is 2.02. The van der Waals surface area contributed by atoms with Crippen LogP contribution in [0.2, 0.25) is 0 Å². The molecule has 0 radical (unpaired) electrons. The number of hydrogen-bond acceptors (Lipinski definition) is 1. The van der Waals surface area contributed by atoms with Crippen LogP contribution < -0.4 is 5.32 Å². The molecule has 15 heavy (non-hydrogen) atoms. The van der Waals surface area contributed by atoms with Gasteiger partial charge in [0.1, 0.15) is 0 Å². The number of nitrogens with one attached hydrogen (secondary N) is 1. The highest BCUT2D eigenvalue weighted by molar-refractivity contribution is 5.85. The van der Waals surface area contributed by atoms with E-state index in [9.17, 15) is 0 Å². The van der Waals surface area contributed by atoms with Crippen molar-refractivity contribution in [3.05, 3.63) is 48.6 Å². The third-order valence-electron chi connectivity index (χ3n) is 2.41. The van der Waals surface area contributed by atoms with Gasteiger partial charge < -0.3 is 5.32 Å². The van der Waals surface area contributed by atoms with E-state index in [0.717, 1.165) is 13.1 Å². The van der Waals surface area contributed by atoms with Crippen molar-refractivity contribution in [1.29, 1.82) is 0 Å². The standard InChI is InChI=1S/C13H19N.ClH/c1-3-10-14-11-9-12(2)13-7-5-4-6-8-13;/h3-8,12,14H,1,9-11H2,2H3;1H. The Morgan fingerprint density at radius 2 is 2.00 bits per heavy atom. The molecule has 0 saturated carbocycles. The average molecular weight is 226 g/mol. The van der Waals surface area contributed by atoms with Crippen LogP contribution in [0.3, 0.4) is 0 Å². The second-order valence-corrected chi connectivity index (χ2v) is 3.59. The van der Waals surface area contributed by atoms with Gasteiger partial charge in [-0.3, -0.25) is 0 Å². The Balaban J connectivity index is 0.00000196. The molecule has 0 spiro atoms. The molecule has 1 atom stereocenters. The lowest BCUT2D eigenvalue weighted by molar-refractivity contribution is 0.620. The van der Waals surface area contributed by atoms with E-state index >= 15 is 0 Å². The molecular formula is C13H20ClN. The topological polar surface area (TPSA) is 12.0 Å². The van der Waals surface area contributed by atoms with E-state index in [1.165, 1.54) is 12.0 Å². The lowest BCUT2D eigenvalue weighted by Crippen LogP contribution is -2.16. The van der Waals surface area contributed by atoms with Gasteiger partial charge in [0.2, 0.25) is 0 Å². The molecule has 1 aromatic rings. The molecule has 1 rings (SSSR count). The number of hydrogen-bond donors (Lipinski definition) is 1. The second kappa shape index (κ2) is 8.51. The first kappa shape index (κ1) is 14.2. The van der Waals surface area contributed by atoms with Crippen molar-refractivity contribution in [2.24, 2.45) is 0 Å². The summed E-state index contributed by atoms with van der Waals surface area (Å²) in [5.41, 5.74) is 1.42. The van der Waals surface area contributed by atoms with E-state index in [4.69, 9.17) is 0 Å². The van der Waals surface area contributed by atoms with E-state index in [-0.39, 0.29) is 12.4 Å². The molecule has 0 saturated heterocycles. The predicted molar refractivity (Wildman–Crippen MR) is 69.8 cm³/mol. The van der Waals surface area contributed by atoms with Crippen molar-refractivity contribution >= 4 is 12.4 Å². The molecule has 0 aliphatic rings. The number of benzene rings is 1. The van der Waals surface area contributed by atoms with Crippen LogP contribution in [0.1, 0.15) is 24.8 Å². The Kier molecular flexibility index (Phi) is 8.06. The van der Waals surface area contributed by atoms with Gasteiger partial charge in [-0.05, 0) is 24.4 Å². The van der Waals surface area contributed by atoms with Gasteiger partial charge in [-0.15, -0.1) is 19.0 Å². The van der Waals surface area contributed by atoms with Gasteiger partial charge in [-0.25, -0.2) is 0 Å². The maximum absolute atomic E-state index is 3.67. The van der Waals surface area contributed by atoms with Gasteiger partial charge >= 0.3 is 0 Å². The van der Waals surface area contributed by atoms with Crippen molar-refractivity contribution in [3.63, 3.8) is 0 Å². The first-order valence-electron chi connectivity index (χ1n) is 5.21. The van der Waals surface area contributed by atoms with Crippen molar-refractivity contribution in [3.8, 4) is 0 Å². The van der Waals surface area contributed by atoms with E-state index < -0.39 is 0 Å². The third-order valence-corrected chi connectivity index (χ3v) is 2.41. The Bertz CT molecular complexity index is 258. The molecule has 0 aliphatic heterocycles. The zero-order valence-corrected chi connectivity index (χ0v) is 10.1. The minimum Gasteiger partial charge on any atom is -0.313 e. The van der Waals surface area contributed by atoms with Crippen LogP contribution >= 0.6 is 12.4 Å². The first-order chi connectivity index (χ1) is 6.84. The van der Waals surface area contributed by atoms with Crippen molar-refractivity contribution in [1.82, 2.24) is 5.32 Å². The summed E-state index contributed by atoms with van der Waals surface area (Å²) in [7, 11) is 0. The van der Waals surface area contributed by atoms with Gasteiger partial charge in [-0.1, -0.05) is 43.3 Å². The van der Waals surface area contributed by atoms with Crippen molar-refractivity contribution < 1.29 is 0 Å². The Labute approximate surface area is 99.0 Å². The minimum absolute atomic E-state index is 0. The molecule has 1 unspecified atom stereocenters. The fourth-order valence-corrected chi connectivity index (χ4v) is 1.47. The molecule has 84 valence electrons. The largest absolute Gasteiger partial charge is 0.313 e. The van der Waals surface area contributed by atoms with Crippen molar-refractivity contribution in [2.75, 3.05) is 13.1 Å². The monoisotopic (exact) mass is 225 g/mol. The van der Waals surface area contributed by atoms with E-state index in [2.05, 4.69) is 49.2 Å². The molecule has 0 heterocycles. The SMILES string of the molecule is C=CCNCCC(C)c1ccccc1.Cl. The Morgan fingerprint density at radius 1 is 1.33 bits per heavy atom. The van der Waals surface area contributed by atoms with Crippen LogP contribution in [0.5, 0.6) is 0 Å². The highest BCUT2D eigenvalue weighted by Crippen LogP contribution is 2.17. The average Bonchev–Trinajstić information content (AvgIpc) is 2.25. The molecule has 1 aromatic carbocycles. The summed E-state index contributed by atoms with van der Waals surface area (Å²) in [6, 6.07) is 10.6. The summed E-state index contributed by atoms with van der Waals surface area (Å²) in [6.07, 6.45) is 3.07. The zero-order valence-electron chi connectivity index (χ0n) is 9.28. The number of rotatable bonds is 6. The Morgan fingerprint density at radius 3 is 2.60 bits per heavy atom. The summed E-state index contributed by atoms with van der Waals surface area (Å²) in [5, 5.41) is 3.32. The lowest BCUT2D eigenvalue weighted by atomic mass is 9.98.